The Balaban J connectivity index is 1.88. The number of nitriles is 1. The van der Waals surface area contributed by atoms with E-state index >= 15 is 0 Å². The van der Waals surface area contributed by atoms with Crippen LogP contribution in [0.4, 0.5) is 0 Å². The van der Waals surface area contributed by atoms with Crippen molar-refractivity contribution in [3.8, 4) is 6.07 Å². The Morgan fingerprint density at radius 1 is 1.40 bits per heavy atom. The Kier molecular flexibility index (Phi) is 4.45. The fourth-order valence-electron chi connectivity index (χ4n) is 1.58. The molecule has 0 radical (unpaired) electrons. The van der Waals surface area contributed by atoms with E-state index in [2.05, 4.69) is 14.7 Å². The van der Waals surface area contributed by atoms with Gasteiger partial charge in [-0.3, -0.25) is 0 Å². The summed E-state index contributed by atoms with van der Waals surface area (Å²) in [4.78, 5) is 7.70. The summed E-state index contributed by atoms with van der Waals surface area (Å²) in [6.45, 7) is 1.01. The van der Waals surface area contributed by atoms with Crippen LogP contribution in [-0.2, 0) is 16.6 Å². The lowest BCUT2D eigenvalue weighted by Gasteiger charge is -2.06. The Morgan fingerprint density at radius 3 is 2.85 bits per heavy atom. The van der Waals surface area contributed by atoms with E-state index in [9.17, 15) is 8.42 Å². The molecule has 0 aliphatic carbocycles. The highest BCUT2D eigenvalue weighted by Crippen LogP contribution is 2.07. The van der Waals surface area contributed by atoms with Gasteiger partial charge in [-0.05, 0) is 18.6 Å². The van der Waals surface area contributed by atoms with Gasteiger partial charge in [-0.15, -0.1) is 0 Å². The van der Waals surface area contributed by atoms with Crippen LogP contribution >= 0.6 is 0 Å². The zero-order valence-electron chi connectivity index (χ0n) is 10.6. The molecule has 20 heavy (non-hydrogen) atoms. The van der Waals surface area contributed by atoms with Crippen molar-refractivity contribution in [1.82, 2.24) is 19.3 Å². The third-order valence-electron chi connectivity index (χ3n) is 2.61. The molecule has 2 rings (SSSR count). The fourth-order valence-corrected chi connectivity index (χ4v) is 2.59. The van der Waals surface area contributed by atoms with Crippen molar-refractivity contribution in [2.24, 2.45) is 0 Å². The molecular weight excluding hydrogens is 278 g/mol. The number of aromatic nitrogens is 3. The summed E-state index contributed by atoms with van der Waals surface area (Å²) in [5.41, 5.74) is 0.184. The molecule has 2 heterocycles. The van der Waals surface area contributed by atoms with Crippen molar-refractivity contribution in [2.75, 3.05) is 6.54 Å². The van der Waals surface area contributed by atoms with Crippen molar-refractivity contribution in [2.45, 2.75) is 17.9 Å². The summed E-state index contributed by atoms with van der Waals surface area (Å²) < 4.78 is 28.2. The van der Waals surface area contributed by atoms with Gasteiger partial charge in [-0.1, -0.05) is 0 Å². The lowest BCUT2D eigenvalue weighted by molar-refractivity contribution is 0.569. The van der Waals surface area contributed by atoms with Gasteiger partial charge in [-0.25, -0.2) is 23.1 Å². The standard InChI is InChI=1S/C12H13N5O2S/c13-8-11-2-3-12(9-15-11)20(18,19)16-4-1-6-17-7-5-14-10-17/h2-3,5,7,9-10,16H,1,4,6H2. The van der Waals surface area contributed by atoms with E-state index in [1.165, 1.54) is 18.3 Å². The minimum absolute atomic E-state index is 0.0548. The van der Waals surface area contributed by atoms with Crippen LogP contribution in [-0.4, -0.2) is 29.5 Å². The molecule has 1 N–H and O–H groups in total. The highest BCUT2D eigenvalue weighted by Gasteiger charge is 2.13. The van der Waals surface area contributed by atoms with E-state index < -0.39 is 10.0 Å². The normalized spacial score (nSPS) is 11.2. The van der Waals surface area contributed by atoms with E-state index in [1.807, 2.05) is 16.8 Å². The molecule has 0 aliphatic heterocycles. The van der Waals surface area contributed by atoms with Crippen LogP contribution in [0, 0.1) is 11.3 Å². The van der Waals surface area contributed by atoms with Gasteiger partial charge < -0.3 is 4.57 Å². The second-order valence-corrected chi connectivity index (χ2v) is 5.81. The summed E-state index contributed by atoms with van der Waals surface area (Å²) in [5, 5.41) is 8.61. The first-order valence-electron chi connectivity index (χ1n) is 5.93. The number of sulfonamides is 1. The zero-order valence-corrected chi connectivity index (χ0v) is 11.4. The molecule has 2 aromatic heterocycles. The molecule has 2 aromatic rings. The van der Waals surface area contributed by atoms with E-state index in [0.29, 0.717) is 19.5 Å². The topological polar surface area (TPSA) is 101 Å². The summed E-state index contributed by atoms with van der Waals surface area (Å²) in [5.74, 6) is 0. The van der Waals surface area contributed by atoms with Crippen LogP contribution in [0.3, 0.4) is 0 Å². The van der Waals surface area contributed by atoms with Crippen molar-refractivity contribution in [3.05, 3.63) is 42.7 Å². The number of rotatable bonds is 6. The predicted molar refractivity (Wildman–Crippen MR) is 71.0 cm³/mol. The molecule has 0 aliphatic rings. The minimum Gasteiger partial charge on any atom is -0.337 e. The Hall–Kier alpha value is -2.24. The molecule has 0 atom stereocenters. The highest BCUT2D eigenvalue weighted by atomic mass is 32.2. The van der Waals surface area contributed by atoms with Gasteiger partial charge in [0.1, 0.15) is 16.7 Å². The van der Waals surface area contributed by atoms with Gasteiger partial charge in [0.2, 0.25) is 10.0 Å². The van der Waals surface area contributed by atoms with Crippen molar-refractivity contribution < 1.29 is 8.42 Å². The molecule has 0 saturated carbocycles. The van der Waals surface area contributed by atoms with Crippen molar-refractivity contribution >= 4 is 10.0 Å². The largest absolute Gasteiger partial charge is 0.337 e. The average molecular weight is 291 g/mol. The second-order valence-electron chi connectivity index (χ2n) is 4.04. The maximum atomic E-state index is 11.9. The molecule has 0 bridgehead atoms. The molecule has 0 fully saturated rings. The Morgan fingerprint density at radius 2 is 2.25 bits per heavy atom. The summed E-state index contributed by atoms with van der Waals surface area (Å²) in [6, 6.07) is 4.58. The monoisotopic (exact) mass is 291 g/mol. The third-order valence-corrected chi connectivity index (χ3v) is 4.05. The number of hydrogen-bond donors (Lipinski definition) is 1. The number of imidazole rings is 1. The van der Waals surface area contributed by atoms with Crippen molar-refractivity contribution in [1.29, 1.82) is 5.26 Å². The maximum Gasteiger partial charge on any atom is 0.242 e. The first kappa shape index (κ1) is 14.2. The van der Waals surface area contributed by atoms with E-state index in [-0.39, 0.29) is 10.6 Å². The molecule has 0 saturated heterocycles. The van der Waals surface area contributed by atoms with Crippen LogP contribution in [0.15, 0.2) is 41.9 Å². The molecule has 0 spiro atoms. The fraction of sp³-hybridized carbons (Fsp3) is 0.250. The lowest BCUT2D eigenvalue weighted by atomic mass is 10.4. The van der Waals surface area contributed by atoms with Gasteiger partial charge in [0, 0.05) is 31.7 Å². The van der Waals surface area contributed by atoms with Crippen LogP contribution in [0.5, 0.6) is 0 Å². The number of nitrogens with one attached hydrogen (secondary N) is 1. The molecule has 0 aromatic carbocycles. The van der Waals surface area contributed by atoms with Gasteiger partial charge in [0.15, 0.2) is 0 Å². The van der Waals surface area contributed by atoms with Crippen LogP contribution in [0.25, 0.3) is 0 Å². The van der Waals surface area contributed by atoms with Crippen LogP contribution < -0.4 is 4.72 Å². The van der Waals surface area contributed by atoms with Gasteiger partial charge in [0.05, 0.1) is 6.33 Å². The molecule has 0 amide bonds. The third kappa shape index (κ3) is 3.63. The lowest BCUT2D eigenvalue weighted by Crippen LogP contribution is -2.25. The molecular formula is C12H13N5O2S. The SMILES string of the molecule is N#Cc1ccc(S(=O)(=O)NCCCn2ccnc2)cn1. The summed E-state index contributed by atoms with van der Waals surface area (Å²) in [7, 11) is -3.57. The molecule has 0 unspecified atom stereocenters. The smallest absolute Gasteiger partial charge is 0.242 e. The van der Waals surface area contributed by atoms with Crippen molar-refractivity contribution in [3.63, 3.8) is 0 Å². The van der Waals surface area contributed by atoms with Gasteiger partial charge in [0.25, 0.3) is 0 Å². The predicted octanol–water partition coefficient (Wildman–Crippen LogP) is 0.518. The van der Waals surface area contributed by atoms with Gasteiger partial charge >= 0.3 is 0 Å². The maximum absolute atomic E-state index is 11.9. The minimum atomic E-state index is -3.57. The summed E-state index contributed by atoms with van der Waals surface area (Å²) >= 11 is 0. The quantitative estimate of drug-likeness (QED) is 0.782. The second kappa shape index (κ2) is 6.27. The molecule has 104 valence electrons. The van der Waals surface area contributed by atoms with Gasteiger partial charge in [-0.2, -0.15) is 5.26 Å². The Labute approximate surface area is 117 Å². The first-order valence-corrected chi connectivity index (χ1v) is 7.42. The number of pyridine rings is 1. The average Bonchev–Trinajstić information content (AvgIpc) is 2.97. The van der Waals surface area contributed by atoms with Crippen LogP contribution in [0.1, 0.15) is 12.1 Å². The number of hydrogen-bond acceptors (Lipinski definition) is 5. The molecule has 8 heteroatoms. The zero-order chi connectivity index (χ0) is 14.4. The highest BCUT2D eigenvalue weighted by molar-refractivity contribution is 7.89. The number of nitrogens with zero attached hydrogens (tertiary/aromatic N) is 4. The first-order chi connectivity index (χ1) is 9.62. The molecule has 7 nitrogen and oxygen atoms in total. The Bertz CT molecular complexity index is 686. The van der Waals surface area contributed by atoms with Crippen LogP contribution in [0.2, 0.25) is 0 Å². The number of aryl methyl sites for hydroxylation is 1. The summed E-state index contributed by atoms with van der Waals surface area (Å²) in [6.07, 6.45) is 7.00. The van der Waals surface area contributed by atoms with E-state index in [1.54, 1.807) is 12.5 Å². The van der Waals surface area contributed by atoms with E-state index in [0.717, 1.165) is 0 Å². The van der Waals surface area contributed by atoms with E-state index in [4.69, 9.17) is 5.26 Å².